The smallest absolute Gasteiger partial charge is 0.412 e. The molecular weight excluding hydrogens is 263 g/mol. The Hall–Kier alpha value is -1.82. The van der Waals surface area contributed by atoms with Crippen molar-refractivity contribution in [2.75, 3.05) is 18.4 Å². The van der Waals surface area contributed by atoms with Crippen LogP contribution in [-0.2, 0) is 4.74 Å². The van der Waals surface area contributed by atoms with Crippen LogP contribution in [0.2, 0.25) is 0 Å². The molecule has 1 aromatic carbocycles. The maximum absolute atomic E-state index is 13.8. The molecule has 0 bridgehead atoms. The second-order valence-electron chi connectivity index (χ2n) is 5.67. The largest absolute Gasteiger partial charge is 0.485 e. The molecule has 0 saturated carbocycles. The third-order valence-electron chi connectivity index (χ3n) is 2.61. The minimum Gasteiger partial charge on any atom is -0.485 e. The van der Waals surface area contributed by atoms with Crippen LogP contribution < -0.4 is 15.4 Å². The third kappa shape index (κ3) is 4.09. The molecule has 2 N–H and O–H groups in total. The summed E-state index contributed by atoms with van der Waals surface area (Å²) in [5.74, 6) is -0.323. The van der Waals surface area contributed by atoms with Gasteiger partial charge in [-0.15, -0.1) is 0 Å². The van der Waals surface area contributed by atoms with Crippen molar-refractivity contribution in [1.82, 2.24) is 5.32 Å². The van der Waals surface area contributed by atoms with Gasteiger partial charge in [0.05, 0.1) is 0 Å². The van der Waals surface area contributed by atoms with Crippen LogP contribution in [0.25, 0.3) is 0 Å². The van der Waals surface area contributed by atoms with Crippen LogP contribution in [0.5, 0.6) is 5.75 Å². The van der Waals surface area contributed by atoms with Gasteiger partial charge >= 0.3 is 6.09 Å². The van der Waals surface area contributed by atoms with Gasteiger partial charge in [-0.2, -0.15) is 0 Å². The average molecular weight is 282 g/mol. The summed E-state index contributed by atoms with van der Waals surface area (Å²) in [6.45, 7) is 6.72. The van der Waals surface area contributed by atoms with E-state index in [1.807, 2.05) is 0 Å². The zero-order valence-corrected chi connectivity index (χ0v) is 11.8. The van der Waals surface area contributed by atoms with E-state index in [0.717, 1.165) is 13.1 Å². The topological polar surface area (TPSA) is 59.6 Å². The summed E-state index contributed by atoms with van der Waals surface area (Å²) in [6, 6.07) is 4.29. The maximum Gasteiger partial charge on any atom is 0.412 e. The molecule has 1 aliphatic rings. The Kier molecular flexibility index (Phi) is 4.13. The highest BCUT2D eigenvalue weighted by atomic mass is 19.1. The van der Waals surface area contributed by atoms with E-state index in [0.29, 0.717) is 5.69 Å². The van der Waals surface area contributed by atoms with Crippen molar-refractivity contribution in [3.8, 4) is 5.75 Å². The van der Waals surface area contributed by atoms with Gasteiger partial charge in [0, 0.05) is 24.8 Å². The SMILES string of the molecule is CC(C)(C)OC(=O)Nc1ccc(OC2CNC2)c(F)c1. The number of anilines is 1. The molecule has 0 unspecified atom stereocenters. The lowest BCUT2D eigenvalue weighted by molar-refractivity contribution is 0.0636. The molecule has 20 heavy (non-hydrogen) atoms. The molecule has 1 saturated heterocycles. The molecule has 1 heterocycles. The van der Waals surface area contributed by atoms with Crippen LogP contribution in [0.3, 0.4) is 0 Å². The van der Waals surface area contributed by atoms with E-state index in [-0.39, 0.29) is 11.9 Å². The van der Waals surface area contributed by atoms with Gasteiger partial charge in [-0.1, -0.05) is 0 Å². The molecule has 0 atom stereocenters. The minimum atomic E-state index is -0.617. The molecule has 1 aromatic rings. The van der Waals surface area contributed by atoms with Crippen molar-refractivity contribution < 1.29 is 18.7 Å². The number of ether oxygens (including phenoxy) is 2. The molecule has 1 fully saturated rings. The number of benzene rings is 1. The van der Waals surface area contributed by atoms with Crippen molar-refractivity contribution in [2.24, 2.45) is 0 Å². The Bertz CT molecular complexity index is 496. The molecular formula is C14H19FN2O3. The molecule has 2 rings (SSSR count). The number of amides is 1. The van der Waals surface area contributed by atoms with E-state index in [1.54, 1.807) is 26.8 Å². The molecule has 0 aromatic heterocycles. The normalized spacial score (nSPS) is 15.4. The van der Waals surface area contributed by atoms with Gasteiger partial charge in [-0.05, 0) is 32.9 Å². The van der Waals surface area contributed by atoms with Gasteiger partial charge in [0.25, 0.3) is 0 Å². The van der Waals surface area contributed by atoms with E-state index in [1.165, 1.54) is 12.1 Å². The first-order valence-corrected chi connectivity index (χ1v) is 6.50. The fourth-order valence-corrected chi connectivity index (χ4v) is 1.62. The molecule has 0 radical (unpaired) electrons. The Morgan fingerprint density at radius 3 is 2.60 bits per heavy atom. The van der Waals surface area contributed by atoms with Crippen LogP contribution >= 0.6 is 0 Å². The Labute approximate surface area is 117 Å². The van der Waals surface area contributed by atoms with Crippen LogP contribution in [0, 0.1) is 5.82 Å². The molecule has 0 aliphatic carbocycles. The molecule has 6 heteroatoms. The number of hydrogen-bond donors (Lipinski definition) is 2. The summed E-state index contributed by atoms with van der Waals surface area (Å²) in [7, 11) is 0. The molecule has 110 valence electrons. The second kappa shape index (κ2) is 5.66. The predicted molar refractivity (Wildman–Crippen MR) is 73.5 cm³/mol. The van der Waals surface area contributed by atoms with Gasteiger partial charge < -0.3 is 14.8 Å². The van der Waals surface area contributed by atoms with Gasteiger partial charge in [0.2, 0.25) is 0 Å². The summed E-state index contributed by atoms with van der Waals surface area (Å²) in [6.07, 6.45) is -0.608. The number of carbonyl (C=O) groups is 1. The van der Waals surface area contributed by atoms with E-state index >= 15 is 0 Å². The average Bonchev–Trinajstić information content (AvgIpc) is 2.22. The lowest BCUT2D eigenvalue weighted by Gasteiger charge is -2.28. The van der Waals surface area contributed by atoms with E-state index in [9.17, 15) is 9.18 Å². The van der Waals surface area contributed by atoms with Crippen LogP contribution in [0.15, 0.2) is 18.2 Å². The number of carbonyl (C=O) groups excluding carboxylic acids is 1. The first-order chi connectivity index (χ1) is 9.33. The first-order valence-electron chi connectivity index (χ1n) is 6.50. The fraction of sp³-hybridized carbons (Fsp3) is 0.500. The van der Waals surface area contributed by atoms with Crippen molar-refractivity contribution in [3.63, 3.8) is 0 Å². The summed E-state index contributed by atoms with van der Waals surface area (Å²) in [5, 5.41) is 5.52. The number of nitrogens with one attached hydrogen (secondary N) is 2. The third-order valence-corrected chi connectivity index (χ3v) is 2.61. The van der Waals surface area contributed by atoms with Crippen molar-refractivity contribution in [3.05, 3.63) is 24.0 Å². The first kappa shape index (κ1) is 14.6. The molecule has 5 nitrogen and oxygen atoms in total. The highest BCUT2D eigenvalue weighted by Gasteiger charge is 2.20. The van der Waals surface area contributed by atoms with Gasteiger partial charge in [-0.3, -0.25) is 5.32 Å². The lowest BCUT2D eigenvalue weighted by atomic mass is 10.2. The predicted octanol–water partition coefficient (Wildman–Crippen LogP) is 2.52. The zero-order chi connectivity index (χ0) is 14.8. The van der Waals surface area contributed by atoms with Crippen LogP contribution in [-0.4, -0.2) is 30.9 Å². The summed E-state index contributed by atoms with van der Waals surface area (Å²) in [4.78, 5) is 11.6. The monoisotopic (exact) mass is 282 g/mol. The zero-order valence-electron chi connectivity index (χ0n) is 11.8. The van der Waals surface area contributed by atoms with E-state index < -0.39 is 17.5 Å². The summed E-state index contributed by atoms with van der Waals surface area (Å²) < 4.78 is 24.4. The van der Waals surface area contributed by atoms with Gasteiger partial charge in [0.15, 0.2) is 11.6 Å². The Morgan fingerprint density at radius 2 is 2.10 bits per heavy atom. The van der Waals surface area contributed by atoms with E-state index in [4.69, 9.17) is 9.47 Å². The number of rotatable bonds is 3. The van der Waals surface area contributed by atoms with Crippen LogP contribution in [0.4, 0.5) is 14.9 Å². The second-order valence-corrected chi connectivity index (χ2v) is 5.67. The summed E-state index contributed by atoms with van der Waals surface area (Å²) in [5.41, 5.74) is -0.265. The standard InChI is InChI=1S/C14H19FN2O3/c1-14(2,3)20-13(18)17-9-4-5-12(11(15)6-9)19-10-7-16-8-10/h4-6,10,16H,7-8H2,1-3H3,(H,17,18). The van der Waals surface area contributed by atoms with Crippen molar-refractivity contribution in [2.45, 2.75) is 32.5 Å². The van der Waals surface area contributed by atoms with Crippen LogP contribution in [0.1, 0.15) is 20.8 Å². The summed E-state index contributed by atoms with van der Waals surface area (Å²) >= 11 is 0. The Morgan fingerprint density at radius 1 is 1.40 bits per heavy atom. The molecule has 1 aliphatic heterocycles. The van der Waals surface area contributed by atoms with Gasteiger partial charge in [-0.25, -0.2) is 9.18 Å². The minimum absolute atomic E-state index is 0.00849. The van der Waals surface area contributed by atoms with Gasteiger partial charge in [0.1, 0.15) is 11.7 Å². The number of hydrogen-bond acceptors (Lipinski definition) is 4. The van der Waals surface area contributed by atoms with E-state index in [2.05, 4.69) is 10.6 Å². The number of halogens is 1. The lowest BCUT2D eigenvalue weighted by Crippen LogP contribution is -2.50. The fourth-order valence-electron chi connectivity index (χ4n) is 1.62. The Balaban J connectivity index is 1.96. The molecule has 0 spiro atoms. The van der Waals surface area contributed by atoms with Crippen molar-refractivity contribution in [1.29, 1.82) is 0 Å². The quantitative estimate of drug-likeness (QED) is 0.894. The highest BCUT2D eigenvalue weighted by Crippen LogP contribution is 2.23. The van der Waals surface area contributed by atoms with Crippen molar-refractivity contribution >= 4 is 11.8 Å². The highest BCUT2D eigenvalue weighted by molar-refractivity contribution is 5.84. The molecule has 1 amide bonds. The maximum atomic E-state index is 13.8.